The van der Waals surface area contributed by atoms with Crippen LogP contribution in [0.4, 0.5) is 0 Å². The summed E-state index contributed by atoms with van der Waals surface area (Å²) in [6.45, 7) is 2.13. The maximum atomic E-state index is 5.65. The Bertz CT molecular complexity index is 498. The van der Waals surface area contributed by atoms with Crippen LogP contribution in [-0.2, 0) is 4.18 Å². The summed E-state index contributed by atoms with van der Waals surface area (Å²) >= 11 is 0. The third kappa shape index (κ3) is 1.56. The molecular weight excluding hydrogens is 224 g/mol. The Kier molecular flexibility index (Phi) is 2.22. The maximum absolute atomic E-state index is 5.65. The largest absolute Gasteiger partial charge is 0.430 e. The molecule has 0 saturated heterocycles. The molecule has 76 valence electrons. The van der Waals surface area contributed by atoms with E-state index in [1.54, 1.807) is 0 Å². The first-order valence-corrected chi connectivity index (χ1v) is 7.24. The summed E-state index contributed by atoms with van der Waals surface area (Å²) in [6.07, 6.45) is 4.13. The highest BCUT2D eigenvalue weighted by molar-refractivity contribution is 8.84. The average molecular weight is 234 g/mol. The van der Waals surface area contributed by atoms with E-state index in [1.165, 1.54) is 20.9 Å². The van der Waals surface area contributed by atoms with Gasteiger partial charge in [-0.3, -0.25) is 0 Å². The molecule has 0 radical (unpaired) electrons. The first-order valence-electron chi connectivity index (χ1n) is 4.75. The minimum Gasteiger partial charge on any atom is -0.430 e. The van der Waals surface area contributed by atoms with Crippen LogP contribution in [0.2, 0.25) is 0 Å². The standard InChI is InChI=1S/C12H10OS2/c1-9-7-12-11(8-13-15(12)14-9)10-5-3-2-4-6-10/h2-8H,1H3. The normalized spacial score (nSPS) is 23.3. The summed E-state index contributed by atoms with van der Waals surface area (Å²) in [5, 5.41) is 0. The monoisotopic (exact) mass is 234 g/mol. The lowest BCUT2D eigenvalue weighted by Gasteiger charge is -2.00. The lowest BCUT2D eigenvalue weighted by molar-refractivity contribution is 0.580. The Labute approximate surface area is 95.4 Å². The van der Waals surface area contributed by atoms with Gasteiger partial charge in [0.1, 0.15) is 6.26 Å². The molecule has 2 aliphatic heterocycles. The Hall–Kier alpha value is -0.930. The van der Waals surface area contributed by atoms with E-state index in [0.29, 0.717) is 0 Å². The molecular formula is C12H10OS2. The first-order chi connectivity index (χ1) is 7.34. The van der Waals surface area contributed by atoms with Gasteiger partial charge in [-0.05, 0) is 34.3 Å². The van der Waals surface area contributed by atoms with Crippen LogP contribution in [0.25, 0.3) is 5.57 Å². The zero-order chi connectivity index (χ0) is 10.3. The molecule has 1 atom stereocenters. The van der Waals surface area contributed by atoms with Gasteiger partial charge in [0.25, 0.3) is 0 Å². The van der Waals surface area contributed by atoms with Crippen molar-refractivity contribution in [1.82, 2.24) is 0 Å². The van der Waals surface area contributed by atoms with Gasteiger partial charge in [-0.25, -0.2) is 0 Å². The molecule has 1 nitrogen and oxygen atoms in total. The van der Waals surface area contributed by atoms with Gasteiger partial charge in [0.05, 0.1) is 14.7 Å². The summed E-state index contributed by atoms with van der Waals surface area (Å²) in [4.78, 5) is 2.68. The lowest BCUT2D eigenvalue weighted by atomic mass is 10.0. The fourth-order valence-corrected chi connectivity index (χ4v) is 4.93. The van der Waals surface area contributed by atoms with Crippen LogP contribution in [0.3, 0.4) is 0 Å². The van der Waals surface area contributed by atoms with Crippen molar-refractivity contribution in [2.75, 3.05) is 0 Å². The molecule has 0 bridgehead atoms. The quantitative estimate of drug-likeness (QED) is 0.537. The fraction of sp³-hybridized carbons (Fsp3) is 0.0833. The second-order valence-corrected chi connectivity index (χ2v) is 6.75. The van der Waals surface area contributed by atoms with Gasteiger partial charge in [-0.15, -0.1) is 0 Å². The van der Waals surface area contributed by atoms with E-state index < -0.39 is 0 Å². The second kappa shape index (κ2) is 3.58. The van der Waals surface area contributed by atoms with E-state index >= 15 is 0 Å². The average Bonchev–Trinajstić information content (AvgIpc) is 2.77. The fourth-order valence-electron chi connectivity index (χ4n) is 1.64. The molecule has 0 fully saturated rings. The number of hydrogen-bond donors (Lipinski definition) is 0. The minimum absolute atomic E-state index is 0.0804. The number of benzene rings is 1. The van der Waals surface area contributed by atoms with Crippen molar-refractivity contribution in [2.24, 2.45) is 0 Å². The van der Waals surface area contributed by atoms with Crippen molar-refractivity contribution in [3.8, 4) is 0 Å². The molecule has 0 amide bonds. The molecule has 1 unspecified atom stereocenters. The first kappa shape index (κ1) is 9.31. The van der Waals surface area contributed by atoms with E-state index in [0.717, 1.165) is 0 Å². The number of allylic oxidation sites excluding steroid dienone is 3. The van der Waals surface area contributed by atoms with Crippen molar-refractivity contribution in [1.29, 1.82) is 0 Å². The van der Waals surface area contributed by atoms with Crippen molar-refractivity contribution >= 4 is 31.0 Å². The van der Waals surface area contributed by atoms with Crippen LogP contribution in [0.5, 0.6) is 0 Å². The minimum atomic E-state index is -0.0804. The third-order valence-electron chi connectivity index (χ3n) is 2.32. The van der Waals surface area contributed by atoms with Crippen LogP contribution >= 0.6 is 20.6 Å². The van der Waals surface area contributed by atoms with Crippen molar-refractivity contribution in [3.63, 3.8) is 0 Å². The van der Waals surface area contributed by atoms with Crippen LogP contribution in [0.1, 0.15) is 12.5 Å². The van der Waals surface area contributed by atoms with Gasteiger partial charge in [0, 0.05) is 5.57 Å². The van der Waals surface area contributed by atoms with Gasteiger partial charge in [0.15, 0.2) is 0 Å². The van der Waals surface area contributed by atoms with Gasteiger partial charge >= 0.3 is 0 Å². The summed E-state index contributed by atoms with van der Waals surface area (Å²) in [6, 6.07) is 10.4. The Morgan fingerprint density at radius 1 is 1.20 bits per heavy atom. The lowest BCUT2D eigenvalue weighted by Crippen LogP contribution is -1.92. The van der Waals surface area contributed by atoms with Gasteiger partial charge in [0.2, 0.25) is 0 Å². The highest BCUT2D eigenvalue weighted by Gasteiger charge is 2.24. The molecule has 1 aromatic rings. The Balaban J connectivity index is 2.03. The molecule has 0 aromatic heterocycles. The molecule has 15 heavy (non-hydrogen) atoms. The maximum Gasteiger partial charge on any atom is 0.110 e. The predicted octanol–water partition coefficient (Wildman–Crippen LogP) is 3.98. The van der Waals surface area contributed by atoms with Crippen LogP contribution < -0.4 is 0 Å². The predicted molar refractivity (Wildman–Crippen MR) is 69.5 cm³/mol. The van der Waals surface area contributed by atoms with Crippen molar-refractivity contribution in [2.45, 2.75) is 6.92 Å². The molecule has 3 rings (SSSR count). The van der Waals surface area contributed by atoms with Crippen LogP contribution in [-0.4, -0.2) is 4.86 Å². The highest BCUT2D eigenvalue weighted by Crippen LogP contribution is 2.51. The van der Waals surface area contributed by atoms with Crippen molar-refractivity contribution < 1.29 is 4.18 Å². The van der Waals surface area contributed by atoms with E-state index in [4.69, 9.17) is 4.18 Å². The molecule has 0 spiro atoms. The Morgan fingerprint density at radius 3 is 2.80 bits per heavy atom. The van der Waals surface area contributed by atoms with E-state index in [1.807, 2.05) is 23.1 Å². The molecule has 0 saturated carbocycles. The van der Waals surface area contributed by atoms with E-state index in [-0.39, 0.29) is 9.80 Å². The van der Waals surface area contributed by atoms with Gasteiger partial charge < -0.3 is 4.18 Å². The highest BCUT2D eigenvalue weighted by atomic mass is 33.1. The Morgan fingerprint density at radius 2 is 2.00 bits per heavy atom. The van der Waals surface area contributed by atoms with Crippen LogP contribution in [0, 0.1) is 0 Å². The molecule has 0 aliphatic carbocycles. The molecule has 1 aromatic carbocycles. The zero-order valence-corrected chi connectivity index (χ0v) is 9.90. The summed E-state index contributed by atoms with van der Waals surface area (Å²) in [5.41, 5.74) is 2.48. The molecule has 0 N–H and O–H groups in total. The van der Waals surface area contributed by atoms with Crippen molar-refractivity contribution in [3.05, 3.63) is 53.1 Å². The smallest absolute Gasteiger partial charge is 0.110 e. The number of hydrogen-bond acceptors (Lipinski definition) is 2. The molecule has 3 heteroatoms. The molecule has 2 heterocycles. The summed E-state index contributed by atoms with van der Waals surface area (Å²) in [7, 11) is 1.73. The zero-order valence-electron chi connectivity index (χ0n) is 8.27. The molecule has 2 aliphatic rings. The topological polar surface area (TPSA) is 9.23 Å². The summed E-state index contributed by atoms with van der Waals surface area (Å²) in [5.74, 6) is 0. The number of rotatable bonds is 1. The second-order valence-electron chi connectivity index (χ2n) is 3.43. The van der Waals surface area contributed by atoms with Crippen LogP contribution in [0.15, 0.2) is 47.6 Å². The van der Waals surface area contributed by atoms with Gasteiger partial charge in [-0.1, -0.05) is 30.3 Å². The SMILES string of the molecule is CC1=CC2=S(OC=C2c2ccccc2)S1. The van der Waals surface area contributed by atoms with Gasteiger partial charge in [-0.2, -0.15) is 0 Å². The van der Waals surface area contributed by atoms with E-state index in [2.05, 4.69) is 37.3 Å². The van der Waals surface area contributed by atoms with E-state index in [9.17, 15) is 0 Å². The summed E-state index contributed by atoms with van der Waals surface area (Å²) < 4.78 is 5.65. The third-order valence-corrected chi connectivity index (χ3v) is 5.84.